The number of hydrogen-bond acceptors (Lipinski definition) is 4. The average molecular weight is 476 g/mol. The van der Waals surface area contributed by atoms with Crippen LogP contribution in [0.2, 0.25) is 0 Å². The number of rotatable bonds is 21. The molecule has 1 rings (SSSR count). The minimum absolute atomic E-state index is 0.0185. The summed E-state index contributed by atoms with van der Waals surface area (Å²) in [6, 6.07) is 3.47. The molecule has 5 nitrogen and oxygen atoms in total. The Morgan fingerprint density at radius 3 is 1.71 bits per heavy atom. The summed E-state index contributed by atoms with van der Waals surface area (Å²) in [7, 11) is 3.00. The van der Waals surface area contributed by atoms with Gasteiger partial charge in [-0.3, -0.25) is 4.79 Å². The number of hydrogen-bond donors (Lipinski definition) is 2. The molecule has 1 unspecified atom stereocenters. The number of nitrogens with two attached hydrogens (primary N) is 1. The first-order valence-electron chi connectivity index (χ1n) is 13.4. The Kier molecular flexibility index (Phi) is 16.8. The molecule has 5 heteroatoms. The summed E-state index contributed by atoms with van der Waals surface area (Å²) >= 11 is 0. The van der Waals surface area contributed by atoms with Gasteiger partial charge >= 0.3 is 0 Å². The minimum atomic E-state index is -0.236. The smallest absolute Gasteiger partial charge is 0.220 e. The van der Waals surface area contributed by atoms with Crippen LogP contribution in [0.1, 0.15) is 115 Å². The highest BCUT2D eigenvalue weighted by atomic mass is 16.5. The largest absolute Gasteiger partial charge is 0.502 e. The van der Waals surface area contributed by atoms with Gasteiger partial charge in [0.05, 0.1) is 14.2 Å². The van der Waals surface area contributed by atoms with E-state index < -0.39 is 0 Å². The summed E-state index contributed by atoms with van der Waals surface area (Å²) in [6.45, 7) is 2.27. The van der Waals surface area contributed by atoms with Crippen LogP contribution in [0.3, 0.4) is 0 Å². The molecule has 3 N–H and O–H groups in total. The van der Waals surface area contributed by atoms with Crippen LogP contribution in [0.5, 0.6) is 17.2 Å². The van der Waals surface area contributed by atoms with Gasteiger partial charge in [-0.25, -0.2) is 0 Å². The SMILES string of the molecule is CCCCCCCCCCCCCCCCC(C/C=C/c1cc(OC)c(O)c(OC)c1)C(N)=O. The number of primary amides is 1. The highest BCUT2D eigenvalue weighted by Crippen LogP contribution is 2.37. The number of benzene rings is 1. The first-order chi connectivity index (χ1) is 16.5. The van der Waals surface area contributed by atoms with Crippen LogP contribution in [-0.2, 0) is 4.79 Å². The maximum atomic E-state index is 11.9. The maximum absolute atomic E-state index is 11.9. The Balaban J connectivity index is 2.19. The Morgan fingerprint density at radius 2 is 1.29 bits per heavy atom. The summed E-state index contributed by atoms with van der Waals surface area (Å²) in [6.07, 6.45) is 23.9. The second-order valence-corrected chi connectivity index (χ2v) is 9.40. The Bertz CT molecular complexity index is 676. The molecule has 0 saturated carbocycles. The second-order valence-electron chi connectivity index (χ2n) is 9.40. The van der Waals surface area contributed by atoms with Crippen molar-refractivity contribution < 1.29 is 19.4 Å². The van der Waals surface area contributed by atoms with Crippen molar-refractivity contribution in [2.24, 2.45) is 11.7 Å². The van der Waals surface area contributed by atoms with Gasteiger partial charge in [-0.15, -0.1) is 0 Å². The molecular formula is C29H49NO4. The molecular weight excluding hydrogens is 426 g/mol. The summed E-state index contributed by atoms with van der Waals surface area (Å²) in [5.74, 6) is 0.311. The highest BCUT2D eigenvalue weighted by molar-refractivity contribution is 5.77. The van der Waals surface area contributed by atoms with E-state index in [1.807, 2.05) is 12.2 Å². The number of allylic oxidation sites excluding steroid dienone is 1. The normalized spacial score (nSPS) is 12.2. The summed E-state index contributed by atoms with van der Waals surface area (Å²) in [5, 5.41) is 10.0. The van der Waals surface area contributed by atoms with E-state index in [4.69, 9.17) is 15.2 Å². The van der Waals surface area contributed by atoms with E-state index in [0.29, 0.717) is 17.9 Å². The monoisotopic (exact) mass is 475 g/mol. The van der Waals surface area contributed by atoms with Crippen molar-refractivity contribution in [3.05, 3.63) is 23.8 Å². The molecule has 1 atom stereocenters. The summed E-state index contributed by atoms with van der Waals surface area (Å²) in [5.41, 5.74) is 6.47. The zero-order valence-corrected chi connectivity index (χ0v) is 21.9. The number of carbonyl (C=O) groups excluding carboxylic acids is 1. The molecule has 34 heavy (non-hydrogen) atoms. The second kappa shape index (κ2) is 19.2. The van der Waals surface area contributed by atoms with Crippen LogP contribution >= 0.6 is 0 Å². The van der Waals surface area contributed by atoms with E-state index in [-0.39, 0.29) is 17.6 Å². The van der Waals surface area contributed by atoms with Gasteiger partial charge in [0, 0.05) is 5.92 Å². The number of unbranched alkanes of at least 4 members (excludes halogenated alkanes) is 13. The molecule has 0 aliphatic rings. The molecule has 0 heterocycles. The van der Waals surface area contributed by atoms with Crippen LogP contribution in [-0.4, -0.2) is 25.2 Å². The van der Waals surface area contributed by atoms with Gasteiger partial charge in [-0.05, 0) is 30.5 Å². The van der Waals surface area contributed by atoms with E-state index in [9.17, 15) is 9.90 Å². The van der Waals surface area contributed by atoms with Crippen LogP contribution in [0.15, 0.2) is 18.2 Å². The number of amides is 1. The third-order valence-corrected chi connectivity index (χ3v) is 6.54. The van der Waals surface area contributed by atoms with E-state index in [0.717, 1.165) is 24.8 Å². The maximum Gasteiger partial charge on any atom is 0.220 e. The van der Waals surface area contributed by atoms with Crippen LogP contribution in [0.4, 0.5) is 0 Å². The number of aromatic hydroxyl groups is 1. The van der Waals surface area contributed by atoms with Crippen molar-refractivity contribution in [3.63, 3.8) is 0 Å². The molecule has 1 aromatic rings. The molecule has 0 aliphatic heterocycles. The lowest BCUT2D eigenvalue weighted by Gasteiger charge is -2.11. The fourth-order valence-corrected chi connectivity index (χ4v) is 4.34. The molecule has 0 saturated heterocycles. The Morgan fingerprint density at radius 1 is 0.853 bits per heavy atom. The molecule has 0 fully saturated rings. The third kappa shape index (κ3) is 12.9. The predicted octanol–water partition coefficient (Wildman–Crippen LogP) is 7.79. The number of methoxy groups -OCH3 is 2. The van der Waals surface area contributed by atoms with Crippen molar-refractivity contribution in [2.45, 2.75) is 110 Å². The predicted molar refractivity (Wildman–Crippen MR) is 142 cm³/mol. The first-order valence-corrected chi connectivity index (χ1v) is 13.4. The van der Waals surface area contributed by atoms with Gasteiger partial charge in [-0.1, -0.05) is 109 Å². The van der Waals surface area contributed by atoms with Gasteiger partial charge in [0.15, 0.2) is 11.5 Å². The van der Waals surface area contributed by atoms with Gasteiger partial charge in [0.2, 0.25) is 11.7 Å². The standard InChI is InChI=1S/C29H49NO4/c1-4-5-6-7-8-9-10-11-12-13-14-15-16-17-20-25(29(30)32)21-18-19-24-22-26(33-2)28(31)27(23-24)34-3/h18-19,22-23,25,31H,4-17,20-21H2,1-3H3,(H2,30,32)/b19-18+. The van der Waals surface area contributed by atoms with E-state index in [1.54, 1.807) is 12.1 Å². The van der Waals surface area contributed by atoms with E-state index in [2.05, 4.69) is 6.92 Å². The van der Waals surface area contributed by atoms with Gasteiger partial charge < -0.3 is 20.3 Å². The van der Waals surface area contributed by atoms with Gasteiger partial charge in [0.1, 0.15) is 0 Å². The Labute approximate surface area is 208 Å². The third-order valence-electron chi connectivity index (χ3n) is 6.54. The van der Waals surface area contributed by atoms with E-state index in [1.165, 1.54) is 91.3 Å². The first kappa shape index (κ1) is 29.9. The topological polar surface area (TPSA) is 81.8 Å². The molecule has 1 aromatic carbocycles. The molecule has 0 spiro atoms. The Hall–Kier alpha value is -2.17. The lowest BCUT2D eigenvalue weighted by molar-refractivity contribution is -0.121. The van der Waals surface area contributed by atoms with Crippen molar-refractivity contribution in [1.82, 2.24) is 0 Å². The van der Waals surface area contributed by atoms with Crippen molar-refractivity contribution >= 4 is 12.0 Å². The minimum Gasteiger partial charge on any atom is -0.502 e. The fourth-order valence-electron chi connectivity index (χ4n) is 4.34. The zero-order chi connectivity index (χ0) is 25.0. The molecule has 0 aromatic heterocycles. The van der Waals surface area contributed by atoms with Crippen LogP contribution in [0, 0.1) is 5.92 Å². The summed E-state index contributed by atoms with van der Waals surface area (Å²) in [4.78, 5) is 11.9. The molecule has 194 valence electrons. The number of carbonyl (C=O) groups is 1. The molecule has 1 amide bonds. The molecule has 0 bridgehead atoms. The quantitative estimate of drug-likeness (QED) is 0.178. The highest BCUT2D eigenvalue weighted by Gasteiger charge is 2.14. The van der Waals surface area contributed by atoms with Crippen molar-refractivity contribution in [3.8, 4) is 17.2 Å². The fraction of sp³-hybridized carbons (Fsp3) is 0.690. The summed E-state index contributed by atoms with van der Waals surface area (Å²) < 4.78 is 10.4. The van der Waals surface area contributed by atoms with E-state index >= 15 is 0 Å². The van der Waals surface area contributed by atoms with Crippen molar-refractivity contribution in [1.29, 1.82) is 0 Å². The average Bonchev–Trinajstić information content (AvgIpc) is 2.83. The zero-order valence-electron chi connectivity index (χ0n) is 21.9. The van der Waals surface area contributed by atoms with Crippen LogP contribution < -0.4 is 15.2 Å². The number of phenols is 1. The lowest BCUT2D eigenvalue weighted by atomic mass is 9.95. The lowest BCUT2D eigenvalue weighted by Crippen LogP contribution is -2.22. The van der Waals surface area contributed by atoms with Gasteiger partial charge in [-0.2, -0.15) is 0 Å². The van der Waals surface area contributed by atoms with Gasteiger partial charge in [0.25, 0.3) is 0 Å². The number of phenolic OH excluding ortho intramolecular Hbond substituents is 1. The van der Waals surface area contributed by atoms with Crippen LogP contribution in [0.25, 0.3) is 6.08 Å². The molecule has 0 radical (unpaired) electrons. The molecule has 0 aliphatic carbocycles. The number of ether oxygens (including phenoxy) is 2. The van der Waals surface area contributed by atoms with Crippen molar-refractivity contribution in [2.75, 3.05) is 14.2 Å².